The van der Waals surface area contributed by atoms with E-state index in [2.05, 4.69) is 25.7 Å². The summed E-state index contributed by atoms with van der Waals surface area (Å²) in [5.41, 5.74) is 1.77. The fourth-order valence-electron chi connectivity index (χ4n) is 1.69. The Bertz CT molecular complexity index is 555. The molecule has 0 unspecified atom stereocenters. The van der Waals surface area contributed by atoms with Crippen LogP contribution in [0.5, 0.6) is 6.01 Å². The molecule has 102 valence electrons. The number of ether oxygens (including phenoxy) is 1. The summed E-state index contributed by atoms with van der Waals surface area (Å²) in [5.74, 6) is 0.839. The Hall–Kier alpha value is -2.38. The first-order valence-corrected chi connectivity index (χ1v) is 5.78. The lowest BCUT2D eigenvalue weighted by Crippen LogP contribution is -2.13. The van der Waals surface area contributed by atoms with Crippen LogP contribution in [0.15, 0.2) is 4.52 Å². The molecule has 1 amide bonds. The third-order valence-electron chi connectivity index (χ3n) is 2.69. The van der Waals surface area contributed by atoms with Crippen LogP contribution in [0.2, 0.25) is 0 Å². The highest BCUT2D eigenvalue weighted by Crippen LogP contribution is 2.14. The minimum atomic E-state index is -0.168. The fraction of sp³-hybridized carbons (Fsp3) is 0.455. The number of hydrogen-bond acceptors (Lipinski definition) is 6. The van der Waals surface area contributed by atoms with E-state index in [1.807, 2.05) is 13.8 Å². The first-order valence-electron chi connectivity index (χ1n) is 5.78. The first kappa shape index (κ1) is 13.1. The molecule has 2 N–H and O–H groups in total. The number of carbonyl (C=O) groups excluding carboxylic acids is 1. The molecule has 2 aromatic heterocycles. The molecule has 0 aliphatic heterocycles. The number of aryl methyl sites for hydroxylation is 2. The number of aromatic amines is 1. The van der Waals surface area contributed by atoms with E-state index in [0.29, 0.717) is 12.8 Å². The van der Waals surface area contributed by atoms with Crippen LogP contribution in [0.4, 0.5) is 5.95 Å². The van der Waals surface area contributed by atoms with Gasteiger partial charge >= 0.3 is 6.01 Å². The maximum absolute atomic E-state index is 11.7. The molecular weight excluding hydrogens is 250 g/mol. The third-order valence-corrected chi connectivity index (χ3v) is 2.69. The van der Waals surface area contributed by atoms with E-state index >= 15 is 0 Å². The molecule has 2 rings (SSSR count). The van der Waals surface area contributed by atoms with Crippen LogP contribution < -0.4 is 10.1 Å². The molecule has 0 bridgehead atoms. The lowest BCUT2D eigenvalue weighted by Gasteiger charge is -2.01. The molecular formula is C11H15N5O3. The van der Waals surface area contributed by atoms with Gasteiger partial charge in [0.05, 0.1) is 12.8 Å². The van der Waals surface area contributed by atoms with Gasteiger partial charge in [0, 0.05) is 12.0 Å². The Morgan fingerprint density at radius 2 is 2.26 bits per heavy atom. The van der Waals surface area contributed by atoms with Gasteiger partial charge in [-0.3, -0.25) is 10.1 Å². The standard InChI is InChI=1S/C11H15N5O3/c1-6-8(7(2)19-16-6)4-5-9(17)12-10-13-11(18-3)15-14-10/h4-5H2,1-3H3,(H2,12,13,14,15,17). The van der Waals surface area contributed by atoms with Gasteiger partial charge < -0.3 is 9.26 Å². The number of hydrogen-bond donors (Lipinski definition) is 2. The van der Waals surface area contributed by atoms with Gasteiger partial charge in [-0.15, -0.1) is 5.10 Å². The van der Waals surface area contributed by atoms with E-state index in [-0.39, 0.29) is 17.9 Å². The monoisotopic (exact) mass is 265 g/mol. The number of aromatic nitrogens is 4. The van der Waals surface area contributed by atoms with Crippen molar-refractivity contribution >= 4 is 11.9 Å². The minimum Gasteiger partial charge on any atom is -0.466 e. The summed E-state index contributed by atoms with van der Waals surface area (Å²) >= 11 is 0. The molecule has 0 saturated heterocycles. The van der Waals surface area contributed by atoms with E-state index in [4.69, 9.17) is 9.26 Å². The van der Waals surface area contributed by atoms with Crippen molar-refractivity contribution in [1.82, 2.24) is 20.3 Å². The number of nitrogens with zero attached hydrogens (tertiary/aromatic N) is 3. The predicted octanol–water partition coefficient (Wildman–Crippen LogP) is 0.989. The predicted molar refractivity (Wildman–Crippen MR) is 65.9 cm³/mol. The zero-order valence-electron chi connectivity index (χ0n) is 11.0. The average Bonchev–Trinajstić information content (AvgIpc) is 2.95. The molecule has 8 nitrogen and oxygen atoms in total. The van der Waals surface area contributed by atoms with Crippen LogP contribution in [0, 0.1) is 13.8 Å². The highest BCUT2D eigenvalue weighted by molar-refractivity contribution is 5.89. The first-order chi connectivity index (χ1) is 9.10. The van der Waals surface area contributed by atoms with Gasteiger partial charge in [-0.05, 0) is 20.3 Å². The van der Waals surface area contributed by atoms with Crippen LogP contribution >= 0.6 is 0 Å². The van der Waals surface area contributed by atoms with Crippen LogP contribution in [0.1, 0.15) is 23.4 Å². The third kappa shape index (κ3) is 3.09. The van der Waals surface area contributed by atoms with Crippen molar-refractivity contribution in [2.24, 2.45) is 0 Å². The summed E-state index contributed by atoms with van der Waals surface area (Å²) in [5, 5.41) is 12.7. The zero-order chi connectivity index (χ0) is 13.8. The Balaban J connectivity index is 1.88. The Labute approximate surface area is 109 Å². The van der Waals surface area contributed by atoms with Crippen molar-refractivity contribution in [2.75, 3.05) is 12.4 Å². The molecule has 0 radical (unpaired) electrons. The smallest absolute Gasteiger partial charge is 0.336 e. The number of anilines is 1. The van der Waals surface area contributed by atoms with Crippen molar-refractivity contribution in [3.8, 4) is 6.01 Å². The van der Waals surface area contributed by atoms with Crippen molar-refractivity contribution in [1.29, 1.82) is 0 Å². The number of nitrogens with one attached hydrogen (secondary N) is 2. The van der Waals surface area contributed by atoms with Gasteiger partial charge in [0.15, 0.2) is 0 Å². The van der Waals surface area contributed by atoms with Crippen molar-refractivity contribution in [3.05, 3.63) is 17.0 Å². The fourth-order valence-corrected chi connectivity index (χ4v) is 1.69. The Morgan fingerprint density at radius 1 is 1.47 bits per heavy atom. The van der Waals surface area contributed by atoms with Gasteiger partial charge in [-0.25, -0.2) is 5.10 Å². The van der Waals surface area contributed by atoms with Gasteiger partial charge in [-0.1, -0.05) is 5.16 Å². The quantitative estimate of drug-likeness (QED) is 0.835. The Kier molecular flexibility index (Phi) is 3.79. The molecule has 19 heavy (non-hydrogen) atoms. The highest BCUT2D eigenvalue weighted by Gasteiger charge is 2.12. The van der Waals surface area contributed by atoms with E-state index < -0.39 is 0 Å². The number of methoxy groups -OCH3 is 1. The molecule has 0 spiro atoms. The Morgan fingerprint density at radius 3 is 2.84 bits per heavy atom. The molecule has 2 heterocycles. The van der Waals surface area contributed by atoms with E-state index in [1.165, 1.54) is 7.11 Å². The van der Waals surface area contributed by atoms with Crippen LogP contribution in [-0.4, -0.2) is 33.4 Å². The molecule has 0 saturated carbocycles. The van der Waals surface area contributed by atoms with Gasteiger partial charge in [0.2, 0.25) is 11.9 Å². The van der Waals surface area contributed by atoms with Gasteiger partial charge in [0.1, 0.15) is 5.76 Å². The van der Waals surface area contributed by atoms with Crippen molar-refractivity contribution in [2.45, 2.75) is 26.7 Å². The second-order valence-corrected chi connectivity index (χ2v) is 4.02. The molecule has 0 aromatic carbocycles. The summed E-state index contributed by atoms with van der Waals surface area (Å²) < 4.78 is 9.84. The second-order valence-electron chi connectivity index (χ2n) is 4.02. The van der Waals surface area contributed by atoms with Crippen LogP contribution in [0.3, 0.4) is 0 Å². The van der Waals surface area contributed by atoms with Crippen LogP contribution in [0.25, 0.3) is 0 Å². The number of carbonyl (C=O) groups is 1. The lowest BCUT2D eigenvalue weighted by molar-refractivity contribution is -0.116. The molecule has 0 fully saturated rings. The number of H-pyrrole nitrogens is 1. The topological polar surface area (TPSA) is 106 Å². The van der Waals surface area contributed by atoms with E-state index in [9.17, 15) is 4.79 Å². The van der Waals surface area contributed by atoms with E-state index in [1.54, 1.807) is 0 Å². The normalized spacial score (nSPS) is 10.5. The summed E-state index contributed by atoms with van der Waals surface area (Å²) in [6, 6.07) is 0.182. The summed E-state index contributed by atoms with van der Waals surface area (Å²) in [4.78, 5) is 15.6. The SMILES string of the molecule is COc1n[nH]c(NC(=O)CCc2c(C)noc2C)n1. The molecule has 8 heteroatoms. The molecule has 2 aromatic rings. The molecule has 0 aliphatic rings. The maximum Gasteiger partial charge on any atom is 0.336 e. The average molecular weight is 265 g/mol. The summed E-state index contributed by atoms with van der Waals surface area (Å²) in [7, 11) is 1.45. The maximum atomic E-state index is 11.7. The van der Waals surface area contributed by atoms with E-state index in [0.717, 1.165) is 17.0 Å². The zero-order valence-corrected chi connectivity index (χ0v) is 11.0. The molecule has 0 aliphatic carbocycles. The van der Waals surface area contributed by atoms with Crippen LogP contribution in [-0.2, 0) is 11.2 Å². The summed E-state index contributed by atoms with van der Waals surface area (Å²) in [6.45, 7) is 3.68. The van der Waals surface area contributed by atoms with Gasteiger partial charge in [-0.2, -0.15) is 4.98 Å². The largest absolute Gasteiger partial charge is 0.466 e. The number of rotatable bonds is 5. The minimum absolute atomic E-state index is 0.168. The van der Waals surface area contributed by atoms with Crippen molar-refractivity contribution < 1.29 is 14.1 Å². The molecule has 0 atom stereocenters. The van der Waals surface area contributed by atoms with Gasteiger partial charge in [0.25, 0.3) is 0 Å². The second kappa shape index (κ2) is 5.51. The number of amides is 1. The summed E-state index contributed by atoms with van der Waals surface area (Å²) in [6.07, 6.45) is 0.879. The van der Waals surface area contributed by atoms with Crippen molar-refractivity contribution in [3.63, 3.8) is 0 Å². The lowest BCUT2D eigenvalue weighted by atomic mass is 10.1. The highest BCUT2D eigenvalue weighted by atomic mass is 16.5.